The molecule has 1 fully saturated rings. The van der Waals surface area contributed by atoms with Gasteiger partial charge in [0.05, 0.1) is 24.5 Å². The monoisotopic (exact) mass is 494 g/mol. The predicted octanol–water partition coefficient (Wildman–Crippen LogP) is 3.17. The second-order valence-corrected chi connectivity index (χ2v) is 9.87. The van der Waals surface area contributed by atoms with Gasteiger partial charge in [0.25, 0.3) is 5.91 Å². The Morgan fingerprint density at radius 1 is 1.17 bits per heavy atom. The van der Waals surface area contributed by atoms with Crippen LogP contribution >= 0.6 is 15.9 Å². The maximum absolute atomic E-state index is 12.8. The Hall–Kier alpha value is -2.23. The lowest BCUT2D eigenvalue weighted by molar-refractivity contribution is -0.141. The minimum atomic E-state index is -3.69. The van der Waals surface area contributed by atoms with Crippen LogP contribution in [0.25, 0.3) is 0 Å². The Bertz CT molecular complexity index is 1040. The molecule has 1 amide bonds. The molecule has 0 heterocycles. The average molecular weight is 495 g/mol. The van der Waals surface area contributed by atoms with Crippen molar-refractivity contribution in [1.82, 2.24) is 10.0 Å². The van der Waals surface area contributed by atoms with Gasteiger partial charge in [0, 0.05) is 16.6 Å². The molecule has 0 spiro atoms. The number of benzene rings is 2. The molecular formula is C21H23BrN2O5S. The van der Waals surface area contributed by atoms with E-state index in [1.165, 1.54) is 31.4 Å². The van der Waals surface area contributed by atoms with Crippen LogP contribution in [0.15, 0.2) is 57.9 Å². The largest absolute Gasteiger partial charge is 0.469 e. The summed E-state index contributed by atoms with van der Waals surface area (Å²) in [6, 6.07) is 12.4. The number of nitrogens with one attached hydrogen (secondary N) is 2. The standard InChI is InChI=1S/C21H23BrN2O5S/c1-29-20(25)12-19(15-4-2-6-17(22)10-15)24-21(26)16-5-3-7-18(11-16)30(27,28)23-13-14-8-9-14/h2-7,10-11,14,19,23H,8-9,12-13H2,1H3,(H,24,26)/t19-/m0/s1. The van der Waals surface area contributed by atoms with Gasteiger partial charge < -0.3 is 10.1 Å². The second-order valence-electron chi connectivity index (χ2n) is 7.18. The molecule has 1 saturated carbocycles. The first-order valence-corrected chi connectivity index (χ1v) is 11.8. The van der Waals surface area contributed by atoms with Gasteiger partial charge in [0.15, 0.2) is 0 Å². The third kappa shape index (κ3) is 6.13. The SMILES string of the molecule is COC(=O)C[C@H](NC(=O)c1cccc(S(=O)(=O)NCC2CC2)c1)c1cccc(Br)c1. The molecule has 30 heavy (non-hydrogen) atoms. The van der Waals surface area contributed by atoms with Crippen LogP contribution in [0.1, 0.15) is 41.2 Å². The van der Waals surface area contributed by atoms with Gasteiger partial charge in [0.1, 0.15) is 0 Å². The summed E-state index contributed by atoms with van der Waals surface area (Å²) in [6.45, 7) is 0.406. The fraction of sp³-hybridized carbons (Fsp3) is 0.333. The molecule has 160 valence electrons. The van der Waals surface area contributed by atoms with Crippen LogP contribution < -0.4 is 10.0 Å². The summed E-state index contributed by atoms with van der Waals surface area (Å²) >= 11 is 3.38. The van der Waals surface area contributed by atoms with E-state index in [2.05, 4.69) is 26.0 Å². The van der Waals surface area contributed by atoms with E-state index in [1.54, 1.807) is 18.2 Å². The predicted molar refractivity (Wildman–Crippen MR) is 115 cm³/mol. The van der Waals surface area contributed by atoms with Crippen molar-refractivity contribution in [1.29, 1.82) is 0 Å². The number of methoxy groups -OCH3 is 1. The third-order valence-electron chi connectivity index (χ3n) is 4.82. The van der Waals surface area contributed by atoms with Crippen molar-refractivity contribution in [2.45, 2.75) is 30.2 Å². The van der Waals surface area contributed by atoms with Crippen LogP contribution in [0.2, 0.25) is 0 Å². The molecule has 2 aromatic carbocycles. The highest BCUT2D eigenvalue weighted by atomic mass is 79.9. The van der Waals surface area contributed by atoms with Gasteiger partial charge >= 0.3 is 5.97 Å². The van der Waals surface area contributed by atoms with Crippen LogP contribution in [0.4, 0.5) is 0 Å². The number of rotatable bonds is 9. The van der Waals surface area contributed by atoms with Crippen LogP contribution in [-0.2, 0) is 19.6 Å². The van der Waals surface area contributed by atoms with Gasteiger partial charge in [-0.1, -0.05) is 34.1 Å². The number of ether oxygens (including phenoxy) is 1. The lowest BCUT2D eigenvalue weighted by atomic mass is 10.0. The maximum Gasteiger partial charge on any atom is 0.307 e. The Morgan fingerprint density at radius 2 is 1.90 bits per heavy atom. The number of carbonyl (C=O) groups excluding carboxylic acids is 2. The van der Waals surface area contributed by atoms with Crippen molar-refractivity contribution >= 4 is 37.8 Å². The quantitative estimate of drug-likeness (QED) is 0.521. The fourth-order valence-corrected chi connectivity index (χ4v) is 4.48. The zero-order chi connectivity index (χ0) is 21.7. The van der Waals surface area contributed by atoms with Gasteiger partial charge in [-0.15, -0.1) is 0 Å². The summed E-state index contributed by atoms with van der Waals surface area (Å²) in [6.07, 6.45) is 2.00. The Labute approximate surface area is 184 Å². The number of sulfonamides is 1. The minimum absolute atomic E-state index is 0.0303. The number of hydrogen-bond donors (Lipinski definition) is 2. The van der Waals surface area contributed by atoms with Crippen LogP contribution in [0.3, 0.4) is 0 Å². The minimum Gasteiger partial charge on any atom is -0.469 e. The van der Waals surface area contributed by atoms with E-state index in [4.69, 9.17) is 4.74 Å². The fourth-order valence-electron chi connectivity index (χ4n) is 2.90. The number of halogens is 1. The Morgan fingerprint density at radius 3 is 2.57 bits per heavy atom. The van der Waals surface area contributed by atoms with Crippen molar-refractivity contribution in [2.75, 3.05) is 13.7 Å². The molecule has 0 aliphatic heterocycles. The van der Waals surface area contributed by atoms with Crippen molar-refractivity contribution in [2.24, 2.45) is 5.92 Å². The number of amides is 1. The second kappa shape index (κ2) is 9.72. The Balaban J connectivity index is 1.78. The molecule has 1 aliphatic rings. The van der Waals surface area contributed by atoms with Gasteiger partial charge in [-0.25, -0.2) is 13.1 Å². The molecule has 2 aromatic rings. The van der Waals surface area contributed by atoms with Gasteiger partial charge in [-0.05, 0) is 54.7 Å². The smallest absolute Gasteiger partial charge is 0.307 e. The molecule has 0 aromatic heterocycles. The first-order chi connectivity index (χ1) is 14.3. The van der Waals surface area contributed by atoms with Crippen molar-refractivity contribution < 1.29 is 22.7 Å². The molecule has 0 saturated heterocycles. The van der Waals surface area contributed by atoms with E-state index in [-0.39, 0.29) is 16.9 Å². The average Bonchev–Trinajstić information content (AvgIpc) is 3.56. The van der Waals surface area contributed by atoms with E-state index in [1.807, 2.05) is 6.07 Å². The molecule has 7 nitrogen and oxygen atoms in total. The summed E-state index contributed by atoms with van der Waals surface area (Å²) < 4.78 is 33.1. The first kappa shape index (κ1) is 22.5. The number of hydrogen-bond acceptors (Lipinski definition) is 5. The van der Waals surface area contributed by atoms with Crippen LogP contribution in [0.5, 0.6) is 0 Å². The Kier molecular flexibility index (Phi) is 7.27. The molecule has 1 aliphatic carbocycles. The molecular weight excluding hydrogens is 472 g/mol. The van der Waals surface area contributed by atoms with Crippen molar-refractivity contribution in [3.63, 3.8) is 0 Å². The molecule has 0 bridgehead atoms. The lowest BCUT2D eigenvalue weighted by Gasteiger charge is -2.19. The zero-order valence-electron chi connectivity index (χ0n) is 16.4. The number of esters is 1. The summed E-state index contributed by atoms with van der Waals surface area (Å²) in [4.78, 5) is 24.7. The van der Waals surface area contributed by atoms with Crippen molar-refractivity contribution in [3.8, 4) is 0 Å². The van der Waals surface area contributed by atoms with Gasteiger partial charge in [-0.3, -0.25) is 9.59 Å². The normalized spacial score (nSPS) is 14.7. The van der Waals surface area contributed by atoms with Crippen LogP contribution in [0, 0.1) is 5.92 Å². The summed E-state index contributed by atoms with van der Waals surface area (Å²) in [5.41, 5.74) is 0.909. The van der Waals surface area contributed by atoms with Crippen molar-refractivity contribution in [3.05, 3.63) is 64.1 Å². The highest BCUT2D eigenvalue weighted by molar-refractivity contribution is 9.10. The molecule has 0 unspecified atom stereocenters. The molecule has 9 heteroatoms. The van der Waals surface area contributed by atoms with E-state index < -0.39 is 27.9 Å². The highest BCUT2D eigenvalue weighted by Crippen LogP contribution is 2.28. The number of carbonyl (C=O) groups is 2. The maximum atomic E-state index is 12.8. The highest BCUT2D eigenvalue weighted by Gasteiger charge is 2.25. The first-order valence-electron chi connectivity index (χ1n) is 9.51. The summed E-state index contributed by atoms with van der Waals surface area (Å²) in [5, 5.41) is 2.81. The van der Waals surface area contributed by atoms with E-state index in [0.717, 1.165) is 22.9 Å². The van der Waals surface area contributed by atoms with Gasteiger partial charge in [0.2, 0.25) is 10.0 Å². The zero-order valence-corrected chi connectivity index (χ0v) is 18.8. The molecule has 0 radical (unpaired) electrons. The van der Waals surface area contributed by atoms with E-state index in [0.29, 0.717) is 12.5 Å². The topological polar surface area (TPSA) is 102 Å². The summed E-state index contributed by atoms with van der Waals surface area (Å²) in [5.74, 6) is -0.556. The molecule has 3 rings (SSSR count). The third-order valence-corrected chi connectivity index (χ3v) is 6.73. The van der Waals surface area contributed by atoms with E-state index in [9.17, 15) is 18.0 Å². The lowest BCUT2D eigenvalue weighted by Crippen LogP contribution is -2.31. The van der Waals surface area contributed by atoms with E-state index >= 15 is 0 Å². The van der Waals surface area contributed by atoms with Gasteiger partial charge in [-0.2, -0.15) is 0 Å². The summed E-state index contributed by atoms with van der Waals surface area (Å²) in [7, 11) is -2.41. The molecule has 2 N–H and O–H groups in total. The molecule has 1 atom stereocenters. The van der Waals surface area contributed by atoms with Crippen LogP contribution in [-0.4, -0.2) is 33.9 Å².